The molecule has 0 aromatic heterocycles. The van der Waals surface area contributed by atoms with Crippen molar-refractivity contribution in [1.29, 1.82) is 0 Å². The van der Waals surface area contributed by atoms with Crippen molar-refractivity contribution in [2.75, 3.05) is 26.3 Å². The number of carbonyl (C=O) groups excluding carboxylic acids is 4. The summed E-state index contributed by atoms with van der Waals surface area (Å²) in [4.78, 5) is 41.4. The Morgan fingerprint density at radius 3 is 0.932 bits per heavy atom. The van der Waals surface area contributed by atoms with Gasteiger partial charge < -0.3 is 40.6 Å². The van der Waals surface area contributed by atoms with Crippen molar-refractivity contribution in [3.8, 4) is 0 Å². The number of hydrogen-bond acceptors (Lipinski definition) is 8. The zero-order valence-electron chi connectivity index (χ0n) is 28.7. The Morgan fingerprint density at radius 1 is 0.455 bits per heavy atom. The van der Waals surface area contributed by atoms with E-state index in [-0.39, 0.29) is 84.1 Å². The number of carboxylic acid groups (broad SMARTS) is 2. The van der Waals surface area contributed by atoms with Gasteiger partial charge in [-0.1, -0.05) is 117 Å². The predicted molar refractivity (Wildman–Crippen MR) is 163 cm³/mol. The van der Waals surface area contributed by atoms with Gasteiger partial charge in [-0.05, 0) is 25.7 Å². The molecule has 12 heteroatoms. The van der Waals surface area contributed by atoms with Crippen molar-refractivity contribution in [1.82, 2.24) is 10.6 Å². The molecule has 0 atom stereocenters. The van der Waals surface area contributed by atoms with Crippen molar-refractivity contribution in [3.05, 3.63) is 0 Å². The average Bonchev–Trinajstić information content (AvgIpc) is 2.97. The molecule has 0 saturated carbocycles. The van der Waals surface area contributed by atoms with Crippen molar-refractivity contribution < 1.29 is 98.7 Å². The van der Waals surface area contributed by atoms with Crippen LogP contribution in [0.15, 0.2) is 0 Å². The molecule has 0 bridgehead atoms. The molecular weight excluding hydrogens is 586 g/mol. The number of nitrogens with one attached hydrogen (secondary N) is 2. The molecule has 0 aliphatic rings. The monoisotopic (exact) mass is 648 g/mol. The summed E-state index contributed by atoms with van der Waals surface area (Å²) in [6, 6.07) is 0. The van der Waals surface area contributed by atoms with Gasteiger partial charge in [0.1, 0.15) is 0 Å². The van der Waals surface area contributed by atoms with Crippen molar-refractivity contribution in [2.24, 2.45) is 0 Å². The van der Waals surface area contributed by atoms with Crippen LogP contribution in [0.4, 0.5) is 0 Å². The standard InChI is InChI=1S/2C14H29NO2.C4H6O4.2Na/c2*1-2-3-4-5-6-7-8-9-10-11-14(17)15-12-13-16;5-3(6)1-2-4(7)8;;/h2*16H,2-13H2,1H3,(H,15,17);1-2H2,(H,5,6)(H,7,8);;/q;;;2*+1/p-2. The Morgan fingerprint density at radius 2 is 0.705 bits per heavy atom. The maximum absolute atomic E-state index is 11.2. The summed E-state index contributed by atoms with van der Waals surface area (Å²) in [7, 11) is 0. The molecule has 0 unspecified atom stereocenters. The van der Waals surface area contributed by atoms with Gasteiger partial charge in [0.2, 0.25) is 11.8 Å². The van der Waals surface area contributed by atoms with Gasteiger partial charge >= 0.3 is 59.1 Å². The third-order valence-corrected chi connectivity index (χ3v) is 6.42. The van der Waals surface area contributed by atoms with E-state index < -0.39 is 24.8 Å². The summed E-state index contributed by atoms with van der Waals surface area (Å²) in [5, 5.41) is 41.4. The smallest absolute Gasteiger partial charge is 0.550 e. The van der Waals surface area contributed by atoms with Gasteiger partial charge in [0, 0.05) is 37.9 Å². The van der Waals surface area contributed by atoms with E-state index in [1.165, 1.54) is 89.9 Å². The van der Waals surface area contributed by atoms with Crippen LogP contribution < -0.4 is 80.0 Å². The first-order valence-corrected chi connectivity index (χ1v) is 16.4. The SMILES string of the molecule is CCCCCCCCCCCC(=O)NCCO.CCCCCCCCCCCC(=O)NCCO.O=C([O-])CCC(=O)[O-].[Na+].[Na+]. The number of aliphatic hydroxyl groups excluding tert-OH is 2. The fourth-order valence-electron chi connectivity index (χ4n) is 3.96. The van der Waals surface area contributed by atoms with Gasteiger partial charge in [0.15, 0.2) is 0 Å². The Labute approximate surface area is 312 Å². The molecule has 0 rings (SSSR count). The van der Waals surface area contributed by atoms with E-state index in [4.69, 9.17) is 10.2 Å². The van der Waals surface area contributed by atoms with Crippen LogP contribution in [0, 0.1) is 0 Å². The summed E-state index contributed by atoms with van der Waals surface area (Å²) < 4.78 is 0. The van der Waals surface area contributed by atoms with E-state index in [0.717, 1.165) is 25.7 Å². The molecule has 0 aliphatic carbocycles. The Balaban J connectivity index is -0.000000179. The quantitative estimate of drug-likeness (QED) is 0.0549. The summed E-state index contributed by atoms with van der Waals surface area (Å²) in [6.07, 6.45) is 23.2. The maximum atomic E-state index is 11.2. The zero-order valence-corrected chi connectivity index (χ0v) is 32.7. The fraction of sp³-hybridized carbons (Fsp3) is 0.875. The number of unbranched alkanes of at least 4 members (excludes halogenated alkanes) is 16. The topological polar surface area (TPSA) is 179 Å². The fourth-order valence-corrected chi connectivity index (χ4v) is 3.96. The van der Waals surface area contributed by atoms with E-state index in [2.05, 4.69) is 24.5 Å². The van der Waals surface area contributed by atoms with Gasteiger partial charge in [-0.15, -0.1) is 0 Å². The molecule has 4 N–H and O–H groups in total. The first kappa shape index (κ1) is 53.3. The van der Waals surface area contributed by atoms with Crippen molar-refractivity contribution >= 4 is 23.8 Å². The summed E-state index contributed by atoms with van der Waals surface area (Å²) in [5.41, 5.74) is 0. The van der Waals surface area contributed by atoms with E-state index >= 15 is 0 Å². The van der Waals surface area contributed by atoms with Crippen LogP contribution in [0.2, 0.25) is 0 Å². The largest absolute Gasteiger partial charge is 1.00 e. The normalized spacial score (nSPS) is 9.64. The zero-order chi connectivity index (χ0) is 32.1. The molecule has 44 heavy (non-hydrogen) atoms. The van der Waals surface area contributed by atoms with Crippen LogP contribution in [-0.2, 0) is 19.2 Å². The number of carbonyl (C=O) groups is 4. The third-order valence-electron chi connectivity index (χ3n) is 6.42. The minimum atomic E-state index is -1.37. The summed E-state index contributed by atoms with van der Waals surface area (Å²) in [6.45, 7) is 5.31. The minimum absolute atomic E-state index is 0. The van der Waals surface area contributed by atoms with Gasteiger partial charge in [0.05, 0.1) is 13.2 Å². The van der Waals surface area contributed by atoms with E-state index in [1.807, 2.05) is 0 Å². The second-order valence-electron chi connectivity index (χ2n) is 10.5. The molecule has 10 nitrogen and oxygen atoms in total. The Hall–Kier alpha value is -0.200. The predicted octanol–water partition coefficient (Wildman–Crippen LogP) is -2.69. The molecule has 0 aliphatic heterocycles. The van der Waals surface area contributed by atoms with Gasteiger partial charge in [-0.3, -0.25) is 9.59 Å². The Bertz CT molecular complexity index is 577. The van der Waals surface area contributed by atoms with Crippen LogP contribution in [0.3, 0.4) is 0 Å². The molecular formula is C32H62N2Na2O8. The van der Waals surface area contributed by atoms with E-state index in [1.54, 1.807) is 0 Å². The second-order valence-corrected chi connectivity index (χ2v) is 10.5. The molecule has 0 radical (unpaired) electrons. The first-order valence-electron chi connectivity index (χ1n) is 16.4. The molecule has 0 spiro atoms. The summed E-state index contributed by atoms with van der Waals surface area (Å²) >= 11 is 0. The average molecular weight is 649 g/mol. The summed E-state index contributed by atoms with van der Waals surface area (Å²) in [5.74, 6) is -2.59. The molecule has 0 aromatic carbocycles. The number of rotatable bonds is 27. The van der Waals surface area contributed by atoms with Crippen LogP contribution in [0.25, 0.3) is 0 Å². The van der Waals surface area contributed by atoms with Crippen LogP contribution in [-0.4, -0.2) is 60.3 Å². The first-order chi connectivity index (χ1) is 20.2. The van der Waals surface area contributed by atoms with Gasteiger partial charge in [-0.25, -0.2) is 0 Å². The van der Waals surface area contributed by atoms with Crippen LogP contribution in [0.1, 0.15) is 155 Å². The van der Waals surface area contributed by atoms with Crippen molar-refractivity contribution in [2.45, 2.75) is 155 Å². The van der Waals surface area contributed by atoms with Crippen molar-refractivity contribution in [3.63, 3.8) is 0 Å². The molecule has 250 valence electrons. The molecule has 0 heterocycles. The van der Waals surface area contributed by atoms with Gasteiger partial charge in [-0.2, -0.15) is 0 Å². The third kappa shape index (κ3) is 57.5. The van der Waals surface area contributed by atoms with E-state index in [0.29, 0.717) is 25.9 Å². The maximum Gasteiger partial charge on any atom is 1.00 e. The number of carboxylic acids is 2. The molecule has 0 aromatic rings. The molecule has 0 saturated heterocycles. The number of amides is 2. The second kappa shape index (κ2) is 47.2. The Kier molecular flexibility index (Phi) is 57.2. The van der Waals surface area contributed by atoms with Crippen LogP contribution in [0.5, 0.6) is 0 Å². The molecule has 2 amide bonds. The minimum Gasteiger partial charge on any atom is -0.550 e. The van der Waals surface area contributed by atoms with Gasteiger partial charge in [0.25, 0.3) is 0 Å². The van der Waals surface area contributed by atoms with Crippen LogP contribution >= 0.6 is 0 Å². The molecule has 0 fully saturated rings. The van der Waals surface area contributed by atoms with E-state index in [9.17, 15) is 29.4 Å². The number of aliphatic carboxylic acids is 2. The number of aliphatic hydroxyl groups is 2. The number of hydrogen-bond donors (Lipinski definition) is 4.